The number of allylic oxidation sites excluding steroid dienone is 1. The molecule has 0 aromatic heterocycles. The summed E-state index contributed by atoms with van der Waals surface area (Å²) in [6, 6.07) is 7.12. The average Bonchev–Trinajstić information content (AvgIpc) is 3.11. The van der Waals surface area contributed by atoms with Gasteiger partial charge in [0.15, 0.2) is 0 Å². The zero-order chi connectivity index (χ0) is 25.7. The Labute approximate surface area is 214 Å². The van der Waals surface area contributed by atoms with Crippen molar-refractivity contribution in [3.05, 3.63) is 41.5 Å². The van der Waals surface area contributed by atoms with Gasteiger partial charge >= 0.3 is 5.97 Å². The van der Waals surface area contributed by atoms with Crippen molar-refractivity contribution in [2.45, 2.75) is 71.8 Å². The molecule has 6 heteroatoms. The summed E-state index contributed by atoms with van der Waals surface area (Å²) < 4.78 is 10.8. The van der Waals surface area contributed by atoms with Crippen molar-refractivity contribution in [2.24, 2.45) is 34.5 Å². The van der Waals surface area contributed by atoms with Crippen LogP contribution in [0.4, 0.5) is 0 Å². The Balaban J connectivity index is 1.30. The van der Waals surface area contributed by atoms with E-state index >= 15 is 0 Å². The van der Waals surface area contributed by atoms with Crippen LogP contribution in [0.25, 0.3) is 0 Å². The maximum atomic E-state index is 13.3. The standard InChI is InChI=1S/C30H39NO5/c1-18(32)36-22-10-12-29(2)20(15-22)8-9-23-24(29)11-13-30(3)25(23)16-27(33)26(30)17-31-28(34)19-6-5-7-21(14-19)35-4/h5-8,14,22-26H,9-13,15-17H2,1-4H3,(H,31,34)/t22-,23+,24-,25-,26-,29-,30-/m0/s1. The molecule has 4 aliphatic carbocycles. The highest BCUT2D eigenvalue weighted by Gasteiger charge is 2.61. The van der Waals surface area contributed by atoms with Crippen molar-refractivity contribution in [3.63, 3.8) is 0 Å². The summed E-state index contributed by atoms with van der Waals surface area (Å²) in [7, 11) is 1.58. The third-order valence-electron chi connectivity index (χ3n) is 10.2. The molecule has 194 valence electrons. The van der Waals surface area contributed by atoms with Crippen LogP contribution in [0.15, 0.2) is 35.9 Å². The van der Waals surface area contributed by atoms with Crippen LogP contribution in [0, 0.1) is 34.5 Å². The number of Topliss-reactive ketones (excluding diaryl/α,β-unsaturated/α-hetero) is 1. The first-order chi connectivity index (χ1) is 17.2. The van der Waals surface area contributed by atoms with Crippen molar-refractivity contribution in [2.75, 3.05) is 13.7 Å². The second-order valence-corrected chi connectivity index (χ2v) is 11.9. The second-order valence-electron chi connectivity index (χ2n) is 11.9. The fourth-order valence-corrected chi connectivity index (χ4v) is 8.26. The van der Waals surface area contributed by atoms with Crippen LogP contribution < -0.4 is 10.1 Å². The fraction of sp³-hybridized carbons (Fsp3) is 0.633. The number of fused-ring (bicyclic) bond motifs is 5. The minimum Gasteiger partial charge on any atom is -0.497 e. The van der Waals surface area contributed by atoms with E-state index in [1.165, 1.54) is 12.5 Å². The third kappa shape index (κ3) is 4.16. The molecule has 1 aromatic carbocycles. The molecule has 1 amide bonds. The summed E-state index contributed by atoms with van der Waals surface area (Å²) >= 11 is 0. The molecule has 5 rings (SSSR count). The van der Waals surface area contributed by atoms with Crippen LogP contribution in [-0.2, 0) is 14.3 Å². The topological polar surface area (TPSA) is 81.7 Å². The second kappa shape index (κ2) is 9.35. The molecule has 36 heavy (non-hydrogen) atoms. The Morgan fingerprint density at radius 3 is 2.67 bits per heavy atom. The van der Waals surface area contributed by atoms with E-state index in [2.05, 4.69) is 25.2 Å². The molecule has 6 nitrogen and oxygen atoms in total. The molecule has 0 aliphatic heterocycles. The van der Waals surface area contributed by atoms with Gasteiger partial charge in [-0.15, -0.1) is 0 Å². The van der Waals surface area contributed by atoms with Gasteiger partial charge in [0.2, 0.25) is 0 Å². The highest BCUT2D eigenvalue weighted by atomic mass is 16.5. The summed E-state index contributed by atoms with van der Waals surface area (Å²) in [5.74, 6) is 1.85. The van der Waals surface area contributed by atoms with E-state index in [1.807, 2.05) is 6.07 Å². The summed E-state index contributed by atoms with van der Waals surface area (Å²) in [5.41, 5.74) is 2.04. The Kier molecular flexibility index (Phi) is 6.50. The van der Waals surface area contributed by atoms with Gasteiger partial charge in [-0.25, -0.2) is 0 Å². The Morgan fingerprint density at radius 2 is 1.92 bits per heavy atom. The van der Waals surface area contributed by atoms with Crippen molar-refractivity contribution in [3.8, 4) is 5.75 Å². The molecule has 1 N–H and O–H groups in total. The number of esters is 1. The van der Waals surface area contributed by atoms with E-state index in [-0.39, 0.29) is 34.7 Å². The smallest absolute Gasteiger partial charge is 0.302 e. The zero-order valence-electron chi connectivity index (χ0n) is 22.0. The number of carbonyl (C=O) groups excluding carboxylic acids is 3. The average molecular weight is 494 g/mol. The fourth-order valence-electron chi connectivity index (χ4n) is 8.26. The summed E-state index contributed by atoms with van der Waals surface area (Å²) in [4.78, 5) is 37.7. The number of amides is 1. The predicted molar refractivity (Wildman–Crippen MR) is 136 cm³/mol. The lowest BCUT2D eigenvalue weighted by Crippen LogP contribution is -2.51. The molecule has 3 fully saturated rings. The molecule has 0 bridgehead atoms. The van der Waals surface area contributed by atoms with Gasteiger partial charge in [0.1, 0.15) is 17.6 Å². The predicted octanol–water partition coefficient (Wildman–Crippen LogP) is 5.11. The van der Waals surface area contributed by atoms with E-state index in [9.17, 15) is 14.4 Å². The van der Waals surface area contributed by atoms with Gasteiger partial charge in [-0.1, -0.05) is 31.6 Å². The molecule has 1 aromatic rings. The number of benzene rings is 1. The summed E-state index contributed by atoms with van der Waals surface area (Å²) in [5, 5.41) is 3.06. The number of nitrogens with one attached hydrogen (secondary N) is 1. The largest absolute Gasteiger partial charge is 0.497 e. The SMILES string of the molecule is COc1cccc(C(=O)NC[C@H]2C(=O)C[C@H]3[C@@H]4CC=C5C[C@@H](OC(C)=O)CC[C@]5(C)[C@H]4CC[C@]23C)c1. The number of methoxy groups -OCH3 is 1. The first-order valence-corrected chi connectivity index (χ1v) is 13.5. The van der Waals surface area contributed by atoms with Gasteiger partial charge in [-0.05, 0) is 78.9 Å². The molecular weight excluding hydrogens is 454 g/mol. The lowest BCUT2D eigenvalue weighted by atomic mass is 9.47. The first kappa shape index (κ1) is 25.0. The van der Waals surface area contributed by atoms with Crippen molar-refractivity contribution < 1.29 is 23.9 Å². The maximum Gasteiger partial charge on any atom is 0.302 e. The molecule has 0 heterocycles. The number of carbonyl (C=O) groups is 3. The molecule has 0 spiro atoms. The minimum absolute atomic E-state index is 0.00198. The lowest BCUT2D eigenvalue weighted by molar-refractivity contribution is -0.148. The van der Waals surface area contributed by atoms with E-state index in [0.29, 0.717) is 47.8 Å². The maximum absolute atomic E-state index is 13.3. The van der Waals surface area contributed by atoms with Crippen LogP contribution in [0.5, 0.6) is 5.75 Å². The van der Waals surface area contributed by atoms with Crippen LogP contribution in [0.3, 0.4) is 0 Å². The number of hydrogen-bond donors (Lipinski definition) is 1. The number of ketones is 1. The van der Waals surface area contributed by atoms with Crippen LogP contribution in [0.2, 0.25) is 0 Å². The highest BCUT2D eigenvalue weighted by Crippen LogP contribution is 2.65. The molecule has 0 saturated heterocycles. The molecule has 3 saturated carbocycles. The molecule has 0 unspecified atom stereocenters. The summed E-state index contributed by atoms with van der Waals surface area (Å²) in [6.07, 6.45) is 8.94. The number of hydrogen-bond acceptors (Lipinski definition) is 5. The van der Waals surface area contributed by atoms with Gasteiger partial charge in [-0.2, -0.15) is 0 Å². The molecule has 0 radical (unpaired) electrons. The molecular formula is C30H39NO5. The zero-order valence-corrected chi connectivity index (χ0v) is 22.0. The highest BCUT2D eigenvalue weighted by molar-refractivity contribution is 5.95. The van der Waals surface area contributed by atoms with Crippen LogP contribution in [-0.4, -0.2) is 37.4 Å². The van der Waals surface area contributed by atoms with Crippen LogP contribution >= 0.6 is 0 Å². The lowest BCUT2D eigenvalue weighted by Gasteiger charge is -2.57. The summed E-state index contributed by atoms with van der Waals surface area (Å²) in [6.45, 7) is 6.58. The van der Waals surface area contributed by atoms with E-state index in [4.69, 9.17) is 9.47 Å². The van der Waals surface area contributed by atoms with Gasteiger partial charge in [0, 0.05) is 37.8 Å². The quantitative estimate of drug-likeness (QED) is 0.455. The Hall–Kier alpha value is -2.63. The Bertz CT molecular complexity index is 1090. The number of ether oxygens (including phenoxy) is 2. The monoisotopic (exact) mass is 493 g/mol. The van der Waals surface area contributed by atoms with Crippen molar-refractivity contribution in [1.29, 1.82) is 0 Å². The van der Waals surface area contributed by atoms with Crippen LogP contribution in [0.1, 0.15) is 76.1 Å². The van der Waals surface area contributed by atoms with E-state index < -0.39 is 0 Å². The van der Waals surface area contributed by atoms with Crippen molar-refractivity contribution in [1.82, 2.24) is 5.32 Å². The molecule has 7 atom stereocenters. The van der Waals surface area contributed by atoms with Gasteiger partial charge in [0.25, 0.3) is 5.91 Å². The Morgan fingerprint density at radius 1 is 1.11 bits per heavy atom. The van der Waals surface area contributed by atoms with E-state index in [0.717, 1.165) is 38.5 Å². The third-order valence-corrected chi connectivity index (χ3v) is 10.2. The first-order valence-electron chi connectivity index (χ1n) is 13.5. The van der Waals surface area contributed by atoms with Gasteiger partial charge in [-0.3, -0.25) is 14.4 Å². The molecule has 4 aliphatic rings. The van der Waals surface area contributed by atoms with Gasteiger partial charge < -0.3 is 14.8 Å². The number of rotatable bonds is 5. The van der Waals surface area contributed by atoms with Crippen molar-refractivity contribution >= 4 is 17.7 Å². The van der Waals surface area contributed by atoms with E-state index in [1.54, 1.807) is 25.3 Å². The minimum atomic E-state index is -0.194. The van der Waals surface area contributed by atoms with Gasteiger partial charge in [0.05, 0.1) is 7.11 Å². The normalized spacial score (nSPS) is 37.2.